The summed E-state index contributed by atoms with van der Waals surface area (Å²) in [6, 6.07) is 0. The summed E-state index contributed by atoms with van der Waals surface area (Å²) < 4.78 is 0. The summed E-state index contributed by atoms with van der Waals surface area (Å²) in [5.41, 5.74) is 1.30. The fourth-order valence-corrected chi connectivity index (χ4v) is 5.32. The van der Waals surface area contributed by atoms with Gasteiger partial charge < -0.3 is 0 Å². The first kappa shape index (κ1) is 21.0. The van der Waals surface area contributed by atoms with Crippen molar-refractivity contribution >= 4 is 0 Å². The molecule has 0 bridgehead atoms. The summed E-state index contributed by atoms with van der Waals surface area (Å²) in [4.78, 5) is 0. The molecule has 21 heavy (non-hydrogen) atoms. The second kappa shape index (κ2) is 8.02. The van der Waals surface area contributed by atoms with Crippen LogP contribution in [0.1, 0.15) is 108 Å². The van der Waals surface area contributed by atoms with Crippen molar-refractivity contribution in [3.05, 3.63) is 0 Å². The van der Waals surface area contributed by atoms with Crippen LogP contribution in [0.5, 0.6) is 0 Å². The molecule has 0 spiro atoms. The Labute approximate surface area is 136 Å². The van der Waals surface area contributed by atoms with Crippen LogP contribution < -0.4 is 0 Å². The molecule has 1 atom stereocenters. The van der Waals surface area contributed by atoms with Crippen LogP contribution in [0.4, 0.5) is 0 Å². The lowest BCUT2D eigenvalue weighted by Crippen LogP contribution is -2.42. The minimum Gasteiger partial charge on any atom is -0.0654 e. The quantitative estimate of drug-likeness (QED) is 0.362. The maximum atomic E-state index is 2.52. The minimum atomic E-state index is 0.406. The smallest absolute Gasteiger partial charge is 0.0288 e. The van der Waals surface area contributed by atoms with E-state index in [1.807, 2.05) is 0 Å². The predicted molar refractivity (Wildman–Crippen MR) is 98.7 cm³/mol. The molecule has 0 rings (SSSR count). The van der Waals surface area contributed by atoms with Gasteiger partial charge in [-0.1, -0.05) is 94.9 Å². The van der Waals surface area contributed by atoms with Crippen molar-refractivity contribution in [3.63, 3.8) is 0 Å². The molecule has 0 saturated heterocycles. The Kier molecular flexibility index (Phi) is 8.02. The van der Waals surface area contributed by atoms with Crippen LogP contribution in [0.3, 0.4) is 0 Å². The Hall–Kier alpha value is 0. The zero-order valence-corrected chi connectivity index (χ0v) is 16.9. The van der Waals surface area contributed by atoms with E-state index in [0.717, 1.165) is 11.8 Å². The van der Waals surface area contributed by atoms with Crippen molar-refractivity contribution in [1.82, 2.24) is 0 Å². The Morgan fingerprint density at radius 3 is 1.67 bits per heavy atom. The second-order valence-corrected chi connectivity index (χ2v) is 9.85. The lowest BCUT2D eigenvalue weighted by Gasteiger charge is -2.50. The van der Waals surface area contributed by atoms with Crippen LogP contribution in [0.15, 0.2) is 0 Å². The molecule has 0 heterocycles. The molecule has 0 aliphatic rings. The van der Waals surface area contributed by atoms with E-state index < -0.39 is 0 Å². The number of rotatable bonds is 10. The summed E-state index contributed by atoms with van der Waals surface area (Å²) >= 11 is 0. The number of unbranched alkanes of at least 4 members (excludes halogenated alkanes) is 2. The van der Waals surface area contributed by atoms with E-state index in [1.165, 1.54) is 38.5 Å². The van der Waals surface area contributed by atoms with Crippen molar-refractivity contribution in [2.24, 2.45) is 28.1 Å². The molecule has 0 saturated carbocycles. The van der Waals surface area contributed by atoms with Crippen LogP contribution in [0.2, 0.25) is 0 Å². The fourth-order valence-electron chi connectivity index (χ4n) is 5.32. The van der Waals surface area contributed by atoms with Gasteiger partial charge in [-0.2, -0.15) is 0 Å². The molecular weight excluding hydrogens is 252 g/mol. The standard InChI is InChI=1S/C21H44/c1-11-13-14-15-20(7,8)18(17(3)4)21(9,10)16-19(5,6)12-2/h17-18H,11-16H2,1-10H3. The van der Waals surface area contributed by atoms with Gasteiger partial charge in [0.05, 0.1) is 0 Å². The highest BCUT2D eigenvalue weighted by molar-refractivity contribution is 4.93. The third kappa shape index (κ3) is 6.74. The molecule has 128 valence electrons. The van der Waals surface area contributed by atoms with Gasteiger partial charge >= 0.3 is 0 Å². The highest BCUT2D eigenvalue weighted by Gasteiger charge is 2.43. The molecule has 0 aromatic heterocycles. The Morgan fingerprint density at radius 2 is 1.29 bits per heavy atom. The van der Waals surface area contributed by atoms with Gasteiger partial charge in [0.1, 0.15) is 0 Å². The van der Waals surface area contributed by atoms with Crippen molar-refractivity contribution < 1.29 is 0 Å². The normalized spacial score (nSPS) is 15.6. The van der Waals surface area contributed by atoms with Crippen LogP contribution >= 0.6 is 0 Å². The summed E-state index contributed by atoms with van der Waals surface area (Å²) in [5, 5.41) is 0. The Bertz CT molecular complexity index is 280. The van der Waals surface area contributed by atoms with Gasteiger partial charge in [-0.15, -0.1) is 0 Å². The van der Waals surface area contributed by atoms with E-state index in [-0.39, 0.29) is 0 Å². The minimum absolute atomic E-state index is 0.406. The number of hydrogen-bond donors (Lipinski definition) is 0. The zero-order valence-electron chi connectivity index (χ0n) is 16.9. The molecule has 0 heteroatoms. The molecular formula is C21H44. The van der Waals surface area contributed by atoms with Gasteiger partial charge in [0.15, 0.2) is 0 Å². The monoisotopic (exact) mass is 296 g/mol. The van der Waals surface area contributed by atoms with Gasteiger partial charge in [0.25, 0.3) is 0 Å². The van der Waals surface area contributed by atoms with E-state index >= 15 is 0 Å². The summed E-state index contributed by atoms with van der Waals surface area (Å²) in [6.07, 6.45) is 8.08. The van der Waals surface area contributed by atoms with Crippen molar-refractivity contribution in [2.45, 2.75) is 108 Å². The molecule has 0 N–H and O–H groups in total. The first-order valence-corrected chi connectivity index (χ1v) is 9.39. The molecule has 0 aromatic rings. The largest absolute Gasteiger partial charge is 0.0654 e. The van der Waals surface area contributed by atoms with Gasteiger partial charge in [-0.25, -0.2) is 0 Å². The van der Waals surface area contributed by atoms with Crippen molar-refractivity contribution in [3.8, 4) is 0 Å². The molecule has 0 fully saturated rings. The highest BCUT2D eigenvalue weighted by Crippen LogP contribution is 2.52. The van der Waals surface area contributed by atoms with Gasteiger partial charge in [0, 0.05) is 0 Å². The maximum Gasteiger partial charge on any atom is -0.0288 e. The van der Waals surface area contributed by atoms with Gasteiger partial charge in [0.2, 0.25) is 0 Å². The van der Waals surface area contributed by atoms with E-state index in [2.05, 4.69) is 69.2 Å². The molecule has 0 radical (unpaired) electrons. The van der Waals surface area contributed by atoms with Crippen LogP contribution in [0.25, 0.3) is 0 Å². The SMILES string of the molecule is CCCCCC(C)(C)C(C(C)C)C(C)(C)CC(C)(C)CC. The molecule has 0 aromatic carbocycles. The Morgan fingerprint density at radius 1 is 0.762 bits per heavy atom. The van der Waals surface area contributed by atoms with Crippen LogP contribution in [-0.2, 0) is 0 Å². The number of hydrogen-bond acceptors (Lipinski definition) is 0. The van der Waals surface area contributed by atoms with Crippen molar-refractivity contribution in [1.29, 1.82) is 0 Å². The van der Waals surface area contributed by atoms with Crippen molar-refractivity contribution in [2.75, 3.05) is 0 Å². The first-order valence-electron chi connectivity index (χ1n) is 9.39. The average Bonchev–Trinajstić information content (AvgIpc) is 2.25. The molecule has 0 amide bonds. The van der Waals surface area contributed by atoms with E-state index in [9.17, 15) is 0 Å². The van der Waals surface area contributed by atoms with E-state index in [1.54, 1.807) is 0 Å². The molecule has 1 unspecified atom stereocenters. The van der Waals surface area contributed by atoms with Gasteiger partial charge in [-0.3, -0.25) is 0 Å². The van der Waals surface area contributed by atoms with Crippen LogP contribution in [0, 0.1) is 28.1 Å². The topological polar surface area (TPSA) is 0 Å². The average molecular weight is 297 g/mol. The Balaban J connectivity index is 5.18. The lowest BCUT2D eigenvalue weighted by molar-refractivity contribution is -0.00576. The zero-order chi connectivity index (χ0) is 16.9. The summed E-state index contributed by atoms with van der Waals surface area (Å²) in [6.45, 7) is 24.5. The fraction of sp³-hybridized carbons (Fsp3) is 1.00. The highest BCUT2D eigenvalue weighted by atomic mass is 14.5. The molecule has 0 aliphatic heterocycles. The second-order valence-electron chi connectivity index (χ2n) is 9.85. The van der Waals surface area contributed by atoms with E-state index in [4.69, 9.17) is 0 Å². The predicted octanol–water partition coefficient (Wildman–Crippen LogP) is 7.72. The molecule has 0 aliphatic carbocycles. The first-order chi connectivity index (χ1) is 9.39. The third-order valence-corrected chi connectivity index (χ3v) is 5.67. The van der Waals surface area contributed by atoms with Gasteiger partial charge in [-0.05, 0) is 40.9 Å². The third-order valence-electron chi connectivity index (χ3n) is 5.67. The molecule has 0 nitrogen and oxygen atoms in total. The van der Waals surface area contributed by atoms with Crippen LogP contribution in [-0.4, -0.2) is 0 Å². The lowest BCUT2D eigenvalue weighted by atomic mass is 9.55. The summed E-state index contributed by atoms with van der Waals surface area (Å²) in [7, 11) is 0. The maximum absolute atomic E-state index is 2.52. The summed E-state index contributed by atoms with van der Waals surface area (Å²) in [5.74, 6) is 1.54. The van der Waals surface area contributed by atoms with E-state index in [0.29, 0.717) is 16.2 Å².